The van der Waals surface area contributed by atoms with E-state index < -0.39 is 0 Å². The topological polar surface area (TPSA) is 0 Å². The molecule has 0 N–H and O–H groups in total. The summed E-state index contributed by atoms with van der Waals surface area (Å²) in [5.41, 5.74) is 4.96. The molecule has 2 saturated carbocycles. The third-order valence-corrected chi connectivity index (χ3v) is 5.95. The van der Waals surface area contributed by atoms with Gasteiger partial charge < -0.3 is 0 Å². The number of hydrogen-bond acceptors (Lipinski definition) is 0. The van der Waals surface area contributed by atoms with Crippen molar-refractivity contribution in [2.75, 3.05) is 0 Å². The molecule has 3 aliphatic rings. The van der Waals surface area contributed by atoms with Crippen molar-refractivity contribution >= 4 is 0 Å². The molecule has 0 radical (unpaired) electrons. The van der Waals surface area contributed by atoms with Gasteiger partial charge in [-0.05, 0) is 56.8 Å². The van der Waals surface area contributed by atoms with Gasteiger partial charge in [-0.25, -0.2) is 0 Å². The van der Waals surface area contributed by atoms with Gasteiger partial charge in [0.25, 0.3) is 0 Å². The Hall–Kier alpha value is -0.260. The Bertz CT molecular complexity index is 266. The average Bonchev–Trinajstić information content (AvgIpc) is 2.90. The minimum absolute atomic E-state index is 0.675. The first-order valence-electron chi connectivity index (χ1n) is 6.87. The lowest BCUT2D eigenvalue weighted by molar-refractivity contribution is 0.243. The maximum atomic E-state index is 2.45. The fourth-order valence-electron chi connectivity index (χ4n) is 4.92. The first kappa shape index (κ1) is 9.93. The SMILES string of the molecule is CC1=C(C)C2(CCCC2)CC12CCCC2. The third-order valence-electron chi connectivity index (χ3n) is 5.95. The van der Waals surface area contributed by atoms with E-state index in [1.54, 1.807) is 0 Å². The standard InChI is InChI=1S/C15H24/c1-12-13(2)15(9-5-6-10-15)11-14(12)7-3-4-8-14/h3-11H2,1-2H3. The van der Waals surface area contributed by atoms with E-state index in [9.17, 15) is 0 Å². The molecular formula is C15H24. The highest BCUT2D eigenvalue weighted by Gasteiger charge is 2.51. The molecule has 0 bridgehead atoms. The summed E-state index contributed by atoms with van der Waals surface area (Å²) in [5, 5.41) is 0. The van der Waals surface area contributed by atoms with Gasteiger partial charge >= 0.3 is 0 Å². The van der Waals surface area contributed by atoms with Gasteiger partial charge in [-0.3, -0.25) is 0 Å². The van der Waals surface area contributed by atoms with Crippen LogP contribution in [0.25, 0.3) is 0 Å². The number of rotatable bonds is 0. The fraction of sp³-hybridized carbons (Fsp3) is 0.867. The molecule has 2 spiro atoms. The highest BCUT2D eigenvalue weighted by molar-refractivity contribution is 5.34. The van der Waals surface area contributed by atoms with Gasteiger partial charge in [0.2, 0.25) is 0 Å². The van der Waals surface area contributed by atoms with Gasteiger partial charge in [0.15, 0.2) is 0 Å². The zero-order valence-corrected chi connectivity index (χ0v) is 10.4. The van der Waals surface area contributed by atoms with Crippen LogP contribution in [0.1, 0.15) is 71.6 Å². The monoisotopic (exact) mass is 204 g/mol. The van der Waals surface area contributed by atoms with E-state index in [-0.39, 0.29) is 0 Å². The summed E-state index contributed by atoms with van der Waals surface area (Å²) in [7, 11) is 0. The van der Waals surface area contributed by atoms with E-state index in [0.717, 1.165) is 0 Å². The fourth-order valence-corrected chi connectivity index (χ4v) is 4.92. The second-order valence-corrected chi connectivity index (χ2v) is 6.40. The van der Waals surface area contributed by atoms with Crippen LogP contribution in [-0.4, -0.2) is 0 Å². The van der Waals surface area contributed by atoms with Crippen molar-refractivity contribution in [1.82, 2.24) is 0 Å². The van der Waals surface area contributed by atoms with Gasteiger partial charge in [0.05, 0.1) is 0 Å². The molecule has 84 valence electrons. The molecule has 0 aliphatic heterocycles. The lowest BCUT2D eigenvalue weighted by atomic mass is 9.73. The molecule has 0 unspecified atom stereocenters. The molecular weight excluding hydrogens is 180 g/mol. The van der Waals surface area contributed by atoms with Crippen molar-refractivity contribution in [3.63, 3.8) is 0 Å². The van der Waals surface area contributed by atoms with Crippen molar-refractivity contribution in [2.24, 2.45) is 10.8 Å². The zero-order valence-electron chi connectivity index (χ0n) is 10.4. The molecule has 0 atom stereocenters. The van der Waals surface area contributed by atoms with Crippen molar-refractivity contribution in [3.05, 3.63) is 11.1 Å². The molecule has 2 fully saturated rings. The van der Waals surface area contributed by atoms with Crippen LogP contribution in [0.15, 0.2) is 11.1 Å². The van der Waals surface area contributed by atoms with E-state index in [2.05, 4.69) is 13.8 Å². The lowest BCUT2D eigenvalue weighted by Crippen LogP contribution is -2.20. The predicted octanol–water partition coefficient (Wildman–Crippen LogP) is 4.85. The van der Waals surface area contributed by atoms with Crippen molar-refractivity contribution in [2.45, 2.75) is 71.6 Å². The van der Waals surface area contributed by atoms with E-state index in [0.29, 0.717) is 10.8 Å². The smallest absolute Gasteiger partial charge is 0.00797 e. The summed E-state index contributed by atoms with van der Waals surface area (Å²) in [6, 6.07) is 0. The van der Waals surface area contributed by atoms with Crippen molar-refractivity contribution in [3.8, 4) is 0 Å². The van der Waals surface area contributed by atoms with Crippen LogP contribution < -0.4 is 0 Å². The van der Waals surface area contributed by atoms with Gasteiger partial charge in [-0.2, -0.15) is 0 Å². The summed E-state index contributed by atoms with van der Waals surface area (Å²) in [6.07, 6.45) is 13.5. The number of allylic oxidation sites excluding steroid dienone is 2. The molecule has 3 aliphatic carbocycles. The Kier molecular flexibility index (Phi) is 2.06. The highest BCUT2D eigenvalue weighted by atomic mass is 14.6. The molecule has 15 heavy (non-hydrogen) atoms. The van der Waals surface area contributed by atoms with Gasteiger partial charge in [-0.15, -0.1) is 0 Å². The first-order valence-corrected chi connectivity index (χ1v) is 6.87. The molecule has 0 aromatic carbocycles. The normalized spacial score (nSPS) is 32.4. The van der Waals surface area contributed by atoms with E-state index in [1.807, 2.05) is 11.1 Å². The minimum Gasteiger partial charge on any atom is -0.0676 e. The largest absolute Gasteiger partial charge is 0.0676 e. The Labute approximate surface area is 94.1 Å². The van der Waals surface area contributed by atoms with Gasteiger partial charge in [0.1, 0.15) is 0 Å². The molecule has 0 aromatic heterocycles. The predicted molar refractivity (Wildman–Crippen MR) is 64.8 cm³/mol. The summed E-state index contributed by atoms with van der Waals surface area (Å²) in [4.78, 5) is 0. The summed E-state index contributed by atoms with van der Waals surface area (Å²) >= 11 is 0. The average molecular weight is 204 g/mol. The molecule has 0 nitrogen and oxygen atoms in total. The van der Waals surface area contributed by atoms with Crippen molar-refractivity contribution in [1.29, 1.82) is 0 Å². The van der Waals surface area contributed by atoms with Crippen LogP contribution in [0, 0.1) is 10.8 Å². The zero-order chi connectivity index (χ0) is 10.5. The van der Waals surface area contributed by atoms with Crippen LogP contribution in [0.4, 0.5) is 0 Å². The Balaban J connectivity index is 1.99. The first-order chi connectivity index (χ1) is 7.19. The second-order valence-electron chi connectivity index (χ2n) is 6.40. The van der Waals surface area contributed by atoms with Crippen LogP contribution in [0.3, 0.4) is 0 Å². The summed E-state index contributed by atoms with van der Waals surface area (Å²) in [5.74, 6) is 0. The van der Waals surface area contributed by atoms with Crippen LogP contribution >= 0.6 is 0 Å². The summed E-state index contributed by atoms with van der Waals surface area (Å²) < 4.78 is 0. The maximum Gasteiger partial charge on any atom is -0.00797 e. The highest BCUT2D eigenvalue weighted by Crippen LogP contribution is 2.64. The van der Waals surface area contributed by atoms with Crippen LogP contribution in [-0.2, 0) is 0 Å². The van der Waals surface area contributed by atoms with E-state index in [4.69, 9.17) is 0 Å². The van der Waals surface area contributed by atoms with Crippen LogP contribution in [0.5, 0.6) is 0 Å². The second kappa shape index (κ2) is 3.12. The van der Waals surface area contributed by atoms with E-state index >= 15 is 0 Å². The molecule has 0 heteroatoms. The Morgan fingerprint density at radius 3 is 1.33 bits per heavy atom. The van der Waals surface area contributed by atoms with Gasteiger partial charge in [-0.1, -0.05) is 36.8 Å². The molecule has 0 amide bonds. The Morgan fingerprint density at radius 1 is 0.667 bits per heavy atom. The minimum atomic E-state index is 0.675. The molecule has 3 rings (SSSR count). The third kappa shape index (κ3) is 1.20. The molecule has 0 heterocycles. The van der Waals surface area contributed by atoms with Gasteiger partial charge in [0, 0.05) is 0 Å². The Morgan fingerprint density at radius 2 is 1.00 bits per heavy atom. The maximum absolute atomic E-state index is 2.45. The quantitative estimate of drug-likeness (QED) is 0.495. The number of hydrogen-bond donors (Lipinski definition) is 0. The van der Waals surface area contributed by atoms with E-state index in [1.165, 1.54) is 57.8 Å². The lowest BCUT2D eigenvalue weighted by Gasteiger charge is -2.31. The molecule has 0 saturated heterocycles. The summed E-state index contributed by atoms with van der Waals surface area (Å²) in [6.45, 7) is 4.90. The van der Waals surface area contributed by atoms with Crippen molar-refractivity contribution < 1.29 is 0 Å². The molecule has 0 aromatic rings. The van der Waals surface area contributed by atoms with Crippen LogP contribution in [0.2, 0.25) is 0 Å².